The van der Waals surface area contributed by atoms with Crippen molar-refractivity contribution in [2.24, 2.45) is 0 Å². The Morgan fingerprint density at radius 2 is 1.83 bits per heavy atom. The third kappa shape index (κ3) is 5.56. The van der Waals surface area contributed by atoms with Crippen molar-refractivity contribution in [2.75, 3.05) is 26.2 Å². The molecule has 158 valence electrons. The van der Waals surface area contributed by atoms with Crippen LogP contribution in [0.2, 0.25) is 0 Å². The highest BCUT2D eigenvalue weighted by Gasteiger charge is 2.25. The summed E-state index contributed by atoms with van der Waals surface area (Å²) in [6.07, 6.45) is 1.54. The first-order chi connectivity index (χ1) is 14.7. The SMILES string of the molecule is O=[N+]([O-])OC(COCc1ccccc1)CN1CCC(c2cc3ccccc3s2)CC1. The fraction of sp³-hybridized carbons (Fsp3) is 0.391. The van der Waals surface area contributed by atoms with Crippen LogP contribution in [0.1, 0.15) is 29.2 Å². The van der Waals surface area contributed by atoms with E-state index in [1.807, 2.05) is 41.7 Å². The molecule has 1 unspecified atom stereocenters. The number of benzene rings is 2. The normalized spacial score (nSPS) is 16.5. The van der Waals surface area contributed by atoms with E-state index < -0.39 is 11.2 Å². The molecule has 4 rings (SSSR count). The van der Waals surface area contributed by atoms with Gasteiger partial charge in [-0.3, -0.25) is 0 Å². The Bertz CT molecular complexity index is 921. The zero-order valence-corrected chi connectivity index (χ0v) is 17.6. The number of thiophene rings is 1. The van der Waals surface area contributed by atoms with Crippen molar-refractivity contribution in [2.45, 2.75) is 31.5 Å². The van der Waals surface area contributed by atoms with Crippen molar-refractivity contribution in [3.63, 3.8) is 0 Å². The van der Waals surface area contributed by atoms with E-state index in [1.165, 1.54) is 15.0 Å². The van der Waals surface area contributed by atoms with Gasteiger partial charge in [-0.15, -0.1) is 21.5 Å². The smallest absolute Gasteiger partial charge is 0.294 e. The Morgan fingerprint density at radius 1 is 1.10 bits per heavy atom. The number of hydrogen-bond acceptors (Lipinski definition) is 6. The van der Waals surface area contributed by atoms with Crippen LogP contribution < -0.4 is 0 Å². The molecule has 0 N–H and O–H groups in total. The lowest BCUT2D eigenvalue weighted by Gasteiger charge is -2.33. The van der Waals surface area contributed by atoms with E-state index in [-0.39, 0.29) is 6.61 Å². The van der Waals surface area contributed by atoms with Crippen LogP contribution in [-0.2, 0) is 16.2 Å². The van der Waals surface area contributed by atoms with Crippen LogP contribution >= 0.6 is 11.3 Å². The van der Waals surface area contributed by atoms with Gasteiger partial charge in [0, 0.05) is 16.1 Å². The number of nitrogens with zero attached hydrogens (tertiary/aromatic N) is 2. The summed E-state index contributed by atoms with van der Waals surface area (Å²) in [7, 11) is 0. The lowest BCUT2D eigenvalue weighted by Crippen LogP contribution is -2.41. The molecule has 1 aromatic heterocycles. The Morgan fingerprint density at radius 3 is 2.57 bits per heavy atom. The molecule has 2 aromatic carbocycles. The average Bonchev–Trinajstić information content (AvgIpc) is 3.19. The zero-order chi connectivity index (χ0) is 20.8. The highest BCUT2D eigenvalue weighted by Crippen LogP contribution is 2.36. The Labute approximate surface area is 180 Å². The highest BCUT2D eigenvalue weighted by atomic mass is 32.1. The summed E-state index contributed by atoms with van der Waals surface area (Å²) >= 11 is 1.88. The Kier molecular flexibility index (Phi) is 6.94. The minimum absolute atomic E-state index is 0.201. The van der Waals surface area contributed by atoms with Gasteiger partial charge in [-0.1, -0.05) is 48.5 Å². The van der Waals surface area contributed by atoms with Crippen LogP contribution in [0.15, 0.2) is 60.7 Å². The molecule has 0 bridgehead atoms. The highest BCUT2D eigenvalue weighted by molar-refractivity contribution is 7.19. The second-order valence-corrected chi connectivity index (χ2v) is 8.83. The molecule has 1 atom stereocenters. The van der Waals surface area contributed by atoms with E-state index >= 15 is 0 Å². The van der Waals surface area contributed by atoms with E-state index in [1.54, 1.807) is 0 Å². The monoisotopic (exact) mass is 426 g/mol. The van der Waals surface area contributed by atoms with Crippen LogP contribution in [0.3, 0.4) is 0 Å². The van der Waals surface area contributed by atoms with Crippen molar-refractivity contribution >= 4 is 21.4 Å². The van der Waals surface area contributed by atoms with E-state index in [0.29, 0.717) is 19.1 Å². The molecule has 3 aromatic rings. The molecule has 1 saturated heterocycles. The summed E-state index contributed by atoms with van der Waals surface area (Å²) in [5.41, 5.74) is 1.04. The molecule has 2 heterocycles. The van der Waals surface area contributed by atoms with Gasteiger partial charge in [0.05, 0.1) is 13.2 Å². The number of fused-ring (bicyclic) bond motifs is 1. The molecule has 30 heavy (non-hydrogen) atoms. The summed E-state index contributed by atoms with van der Waals surface area (Å²) < 4.78 is 7.03. The second kappa shape index (κ2) is 10.0. The van der Waals surface area contributed by atoms with Crippen molar-refractivity contribution in [1.29, 1.82) is 0 Å². The maximum absolute atomic E-state index is 10.9. The standard InChI is InChI=1S/C23H26N2O4S/c26-25(27)29-21(17-28-16-18-6-2-1-3-7-18)15-24-12-10-19(11-13-24)23-14-20-8-4-5-9-22(20)30-23/h1-9,14,19,21H,10-13,15-17H2. The third-order valence-electron chi connectivity index (χ3n) is 5.55. The average molecular weight is 427 g/mol. The van der Waals surface area contributed by atoms with Crippen molar-refractivity contribution in [1.82, 2.24) is 4.90 Å². The lowest BCUT2D eigenvalue weighted by molar-refractivity contribution is -0.769. The first-order valence-corrected chi connectivity index (χ1v) is 11.1. The van der Waals surface area contributed by atoms with E-state index in [0.717, 1.165) is 31.5 Å². The van der Waals surface area contributed by atoms with Gasteiger partial charge in [0.25, 0.3) is 5.09 Å². The van der Waals surface area contributed by atoms with Gasteiger partial charge in [0.2, 0.25) is 0 Å². The Hall–Kier alpha value is -2.48. The summed E-state index contributed by atoms with van der Waals surface area (Å²) in [4.78, 5) is 19.5. The van der Waals surface area contributed by atoms with Crippen molar-refractivity contribution < 1.29 is 14.7 Å². The summed E-state index contributed by atoms with van der Waals surface area (Å²) in [5, 5.41) is 11.5. The molecular formula is C23H26N2O4S. The Balaban J connectivity index is 1.28. The summed E-state index contributed by atoms with van der Waals surface area (Å²) in [6, 6.07) is 20.6. The van der Waals surface area contributed by atoms with Crippen molar-refractivity contribution in [3.05, 3.63) is 81.2 Å². The molecule has 0 saturated carbocycles. The van der Waals surface area contributed by atoms with E-state index in [9.17, 15) is 10.1 Å². The predicted octanol–water partition coefficient (Wildman–Crippen LogP) is 4.87. The van der Waals surface area contributed by atoms with Crippen LogP contribution in [0.4, 0.5) is 0 Å². The second-order valence-electron chi connectivity index (χ2n) is 7.71. The van der Waals surface area contributed by atoms with Crippen LogP contribution in [0, 0.1) is 10.1 Å². The van der Waals surface area contributed by atoms with Gasteiger partial charge in [0.1, 0.15) is 6.10 Å². The van der Waals surface area contributed by atoms with Crippen LogP contribution in [0.25, 0.3) is 10.1 Å². The van der Waals surface area contributed by atoms with Crippen LogP contribution in [-0.4, -0.2) is 42.3 Å². The van der Waals surface area contributed by atoms with E-state index in [4.69, 9.17) is 9.57 Å². The molecule has 0 aliphatic carbocycles. The molecule has 0 radical (unpaired) electrons. The molecule has 1 fully saturated rings. The molecule has 7 heteroatoms. The molecule has 0 amide bonds. The predicted molar refractivity (Wildman–Crippen MR) is 118 cm³/mol. The summed E-state index contributed by atoms with van der Waals surface area (Å²) in [5.74, 6) is 0.558. The topological polar surface area (TPSA) is 64.8 Å². The summed E-state index contributed by atoms with van der Waals surface area (Å²) in [6.45, 7) is 2.96. The number of rotatable bonds is 9. The first kappa shape index (κ1) is 20.8. The minimum atomic E-state index is -0.708. The van der Waals surface area contributed by atoms with Gasteiger partial charge >= 0.3 is 0 Å². The molecular weight excluding hydrogens is 400 g/mol. The van der Waals surface area contributed by atoms with E-state index in [2.05, 4.69) is 35.2 Å². The van der Waals surface area contributed by atoms with Gasteiger partial charge in [-0.25, -0.2) is 0 Å². The maximum Gasteiger partial charge on any atom is 0.294 e. The van der Waals surface area contributed by atoms with Gasteiger partial charge in [0.15, 0.2) is 0 Å². The molecule has 1 aliphatic rings. The number of ether oxygens (including phenoxy) is 1. The van der Waals surface area contributed by atoms with Gasteiger partial charge in [-0.05, 0) is 54.9 Å². The van der Waals surface area contributed by atoms with Crippen LogP contribution in [0.5, 0.6) is 0 Å². The van der Waals surface area contributed by atoms with Gasteiger partial charge in [-0.2, -0.15) is 0 Å². The molecule has 1 aliphatic heterocycles. The van der Waals surface area contributed by atoms with Crippen molar-refractivity contribution in [3.8, 4) is 0 Å². The zero-order valence-electron chi connectivity index (χ0n) is 16.8. The quantitative estimate of drug-likeness (QED) is 0.361. The number of piperidine rings is 1. The minimum Gasteiger partial charge on any atom is -0.374 e. The number of hydrogen-bond donors (Lipinski definition) is 0. The lowest BCUT2D eigenvalue weighted by atomic mass is 9.95. The first-order valence-electron chi connectivity index (χ1n) is 10.3. The number of likely N-dealkylation sites (tertiary alicyclic amines) is 1. The fourth-order valence-corrected chi connectivity index (χ4v) is 5.25. The fourth-order valence-electron chi connectivity index (χ4n) is 4.01. The largest absolute Gasteiger partial charge is 0.374 e. The molecule has 6 nitrogen and oxygen atoms in total. The molecule has 0 spiro atoms. The maximum atomic E-state index is 10.9. The third-order valence-corrected chi connectivity index (χ3v) is 6.83. The van der Waals surface area contributed by atoms with Gasteiger partial charge < -0.3 is 14.5 Å².